The molecule has 0 saturated carbocycles. The molecule has 1 rings (SSSR count). The quantitative estimate of drug-likeness (QED) is 0.394. The fraction of sp³-hybridized carbons (Fsp3) is 0.750. The van der Waals surface area contributed by atoms with Gasteiger partial charge < -0.3 is 0 Å². The van der Waals surface area contributed by atoms with Crippen molar-refractivity contribution in [2.24, 2.45) is 5.92 Å². The Morgan fingerprint density at radius 2 is 1.77 bits per heavy atom. The Morgan fingerprint density at radius 3 is 2.23 bits per heavy atom. The Kier molecular flexibility index (Phi) is 3.59. The first-order valence-electron chi connectivity index (χ1n) is 3.98. The summed E-state index contributed by atoms with van der Waals surface area (Å²) < 4.78 is 50.6. The van der Waals surface area contributed by atoms with Gasteiger partial charge in [-0.3, -0.25) is 0 Å². The lowest BCUT2D eigenvalue weighted by molar-refractivity contribution is 0.106. The topological polar surface area (TPSA) is 0 Å². The van der Waals surface area contributed by atoms with Crippen LogP contribution in [-0.4, -0.2) is 16.3 Å². The predicted molar refractivity (Wildman–Crippen MR) is 50.6 cm³/mol. The van der Waals surface area contributed by atoms with E-state index in [1.54, 1.807) is 6.92 Å². The summed E-state index contributed by atoms with van der Waals surface area (Å²) in [5.74, 6) is -3.77. The predicted octanol–water partition coefficient (Wildman–Crippen LogP) is 3.66. The number of hydrogen-bond acceptors (Lipinski definition) is 0. The lowest BCUT2D eigenvalue weighted by atomic mass is 9.87. The third kappa shape index (κ3) is 1.85. The van der Waals surface area contributed by atoms with Gasteiger partial charge in [0.1, 0.15) is 6.17 Å². The lowest BCUT2D eigenvalue weighted by Crippen LogP contribution is -2.38. The standard InChI is InChI=1S/C8H9F4I/c1-2-3-4(9)6(11)7(12)8(13)5(3)10/h3-5,8H,2H2,1H3. The highest BCUT2D eigenvalue weighted by Gasteiger charge is 2.44. The molecule has 0 aliphatic heterocycles. The van der Waals surface area contributed by atoms with Crippen molar-refractivity contribution in [3.8, 4) is 0 Å². The summed E-state index contributed by atoms with van der Waals surface area (Å²) in [5, 5.41) is 0. The average Bonchev–Trinajstić information content (AvgIpc) is 2.13. The molecule has 1 aliphatic rings. The van der Waals surface area contributed by atoms with Crippen LogP contribution in [0.15, 0.2) is 11.7 Å². The van der Waals surface area contributed by atoms with E-state index in [9.17, 15) is 17.6 Å². The molecule has 76 valence electrons. The molecule has 0 aromatic carbocycles. The van der Waals surface area contributed by atoms with Crippen molar-refractivity contribution in [2.75, 3.05) is 0 Å². The number of rotatable bonds is 1. The molecule has 13 heavy (non-hydrogen) atoms. The number of halogens is 5. The van der Waals surface area contributed by atoms with Gasteiger partial charge in [0.25, 0.3) is 0 Å². The van der Waals surface area contributed by atoms with E-state index in [-0.39, 0.29) is 6.42 Å². The van der Waals surface area contributed by atoms with Crippen LogP contribution in [0.3, 0.4) is 0 Å². The van der Waals surface area contributed by atoms with E-state index in [4.69, 9.17) is 0 Å². The monoisotopic (exact) mass is 308 g/mol. The molecule has 4 unspecified atom stereocenters. The van der Waals surface area contributed by atoms with Gasteiger partial charge in [0.2, 0.25) is 0 Å². The van der Waals surface area contributed by atoms with Crippen LogP contribution in [0.5, 0.6) is 0 Å². The summed E-state index contributed by atoms with van der Waals surface area (Å²) in [4.78, 5) is 0. The van der Waals surface area contributed by atoms with Gasteiger partial charge in [-0.15, -0.1) is 0 Å². The normalized spacial score (nSPS) is 41.1. The van der Waals surface area contributed by atoms with Crippen molar-refractivity contribution in [3.05, 3.63) is 11.7 Å². The Hall–Kier alpha value is 0.190. The Labute approximate surface area is 87.5 Å². The van der Waals surface area contributed by atoms with Crippen molar-refractivity contribution in [2.45, 2.75) is 29.6 Å². The van der Waals surface area contributed by atoms with Crippen LogP contribution in [0.2, 0.25) is 0 Å². The van der Waals surface area contributed by atoms with Crippen LogP contribution in [0.25, 0.3) is 0 Å². The first-order valence-corrected chi connectivity index (χ1v) is 5.22. The maximum absolute atomic E-state index is 13.2. The Bertz CT molecular complexity index is 228. The van der Waals surface area contributed by atoms with Gasteiger partial charge in [-0.2, -0.15) is 0 Å². The third-order valence-corrected chi connectivity index (χ3v) is 3.48. The minimum atomic E-state index is -2.12. The highest BCUT2D eigenvalue weighted by Crippen LogP contribution is 2.40. The SMILES string of the molecule is CCC1C(F)C(F)=C(F)C(I)C1F. The maximum Gasteiger partial charge on any atom is 0.167 e. The second-order valence-corrected chi connectivity index (χ2v) is 4.36. The Morgan fingerprint density at radius 1 is 1.23 bits per heavy atom. The van der Waals surface area contributed by atoms with Crippen molar-refractivity contribution < 1.29 is 17.6 Å². The smallest absolute Gasteiger partial charge is 0.167 e. The van der Waals surface area contributed by atoms with Gasteiger partial charge in [0.05, 0.1) is 3.92 Å². The lowest BCUT2D eigenvalue weighted by Gasteiger charge is -2.30. The Balaban J connectivity index is 2.99. The van der Waals surface area contributed by atoms with Crippen molar-refractivity contribution in [1.82, 2.24) is 0 Å². The molecule has 0 aromatic rings. The first-order chi connectivity index (χ1) is 6.00. The highest BCUT2D eigenvalue weighted by molar-refractivity contribution is 14.1. The molecule has 4 atom stereocenters. The van der Waals surface area contributed by atoms with E-state index in [1.165, 1.54) is 22.6 Å². The van der Waals surface area contributed by atoms with Crippen LogP contribution in [-0.2, 0) is 0 Å². The van der Waals surface area contributed by atoms with Crippen molar-refractivity contribution in [1.29, 1.82) is 0 Å². The summed E-state index contributed by atoms with van der Waals surface area (Å²) in [6, 6.07) is 0. The summed E-state index contributed by atoms with van der Waals surface area (Å²) in [6.45, 7) is 1.56. The largest absolute Gasteiger partial charge is 0.245 e. The molecule has 0 spiro atoms. The van der Waals surface area contributed by atoms with E-state index < -0.39 is 33.8 Å². The fourth-order valence-electron chi connectivity index (χ4n) is 1.40. The van der Waals surface area contributed by atoms with Gasteiger partial charge >= 0.3 is 0 Å². The number of alkyl halides is 3. The minimum Gasteiger partial charge on any atom is -0.245 e. The molecule has 0 nitrogen and oxygen atoms in total. The molecular formula is C8H9F4I. The van der Waals surface area contributed by atoms with Crippen LogP contribution < -0.4 is 0 Å². The second kappa shape index (κ2) is 4.14. The molecule has 0 amide bonds. The van der Waals surface area contributed by atoms with Crippen LogP contribution in [0, 0.1) is 5.92 Å². The van der Waals surface area contributed by atoms with Gasteiger partial charge in [-0.1, -0.05) is 29.5 Å². The molecule has 0 saturated heterocycles. The fourth-order valence-corrected chi connectivity index (χ4v) is 2.23. The maximum atomic E-state index is 13.2. The van der Waals surface area contributed by atoms with Crippen molar-refractivity contribution >= 4 is 22.6 Å². The van der Waals surface area contributed by atoms with Crippen LogP contribution >= 0.6 is 22.6 Å². The molecule has 0 N–H and O–H groups in total. The molecule has 0 aromatic heterocycles. The summed E-state index contributed by atoms with van der Waals surface area (Å²) in [6.07, 6.45) is -3.59. The zero-order valence-electron chi connectivity index (χ0n) is 6.91. The number of allylic oxidation sites excluding steroid dienone is 2. The van der Waals surface area contributed by atoms with Gasteiger partial charge in [-0.05, 0) is 6.42 Å². The molecule has 0 radical (unpaired) electrons. The summed E-state index contributed by atoms with van der Waals surface area (Å²) in [5.41, 5.74) is 0. The second-order valence-electron chi connectivity index (χ2n) is 3.02. The molecule has 0 heterocycles. The van der Waals surface area contributed by atoms with Gasteiger partial charge in [0, 0.05) is 5.92 Å². The zero-order chi connectivity index (χ0) is 10.2. The highest BCUT2D eigenvalue weighted by atomic mass is 127. The minimum absolute atomic E-state index is 0.169. The first kappa shape index (κ1) is 11.3. The van der Waals surface area contributed by atoms with Gasteiger partial charge in [-0.25, -0.2) is 17.6 Å². The number of hydrogen-bond donors (Lipinski definition) is 0. The average molecular weight is 308 g/mol. The van der Waals surface area contributed by atoms with Crippen LogP contribution in [0.4, 0.5) is 17.6 Å². The molecule has 0 bridgehead atoms. The van der Waals surface area contributed by atoms with E-state index in [0.29, 0.717) is 0 Å². The molecular weight excluding hydrogens is 299 g/mol. The third-order valence-electron chi connectivity index (χ3n) is 2.25. The molecule has 5 heteroatoms. The zero-order valence-corrected chi connectivity index (χ0v) is 9.06. The molecule has 0 fully saturated rings. The molecule has 1 aliphatic carbocycles. The van der Waals surface area contributed by atoms with Crippen LogP contribution in [0.1, 0.15) is 13.3 Å². The summed E-state index contributed by atoms with van der Waals surface area (Å²) >= 11 is 1.46. The van der Waals surface area contributed by atoms with E-state index in [1.807, 2.05) is 0 Å². The van der Waals surface area contributed by atoms with E-state index in [0.717, 1.165) is 0 Å². The van der Waals surface area contributed by atoms with Gasteiger partial charge in [0.15, 0.2) is 17.8 Å². The van der Waals surface area contributed by atoms with E-state index in [2.05, 4.69) is 0 Å². The van der Waals surface area contributed by atoms with Crippen molar-refractivity contribution in [3.63, 3.8) is 0 Å². The summed E-state index contributed by atoms with van der Waals surface area (Å²) in [7, 11) is 0. The van der Waals surface area contributed by atoms with E-state index >= 15 is 0 Å².